The van der Waals surface area contributed by atoms with Gasteiger partial charge in [-0.15, -0.1) is 0 Å². The van der Waals surface area contributed by atoms with E-state index in [-0.39, 0.29) is 13.1 Å². The quantitative estimate of drug-likeness (QED) is 0.742. The molecule has 0 saturated carbocycles. The van der Waals surface area contributed by atoms with Crippen LogP contribution in [0.15, 0.2) is 52.2 Å². The first-order valence-corrected chi connectivity index (χ1v) is 8.99. The van der Waals surface area contributed by atoms with E-state index in [2.05, 4.69) is 13.8 Å². The number of sulfonamides is 1. The fourth-order valence-corrected chi connectivity index (χ4v) is 3.65. The minimum absolute atomic E-state index is 0.258. The summed E-state index contributed by atoms with van der Waals surface area (Å²) in [6.07, 6.45) is 3.09. The van der Waals surface area contributed by atoms with Gasteiger partial charge in [0.1, 0.15) is 0 Å². The van der Waals surface area contributed by atoms with Crippen LogP contribution in [0.5, 0.6) is 0 Å². The molecule has 0 aliphatic carbocycles. The predicted octanol–water partition coefficient (Wildman–Crippen LogP) is 3.24. The molecule has 0 spiro atoms. The maximum Gasteiger partial charge on any atom is 0.243 e. The van der Waals surface area contributed by atoms with E-state index in [0.29, 0.717) is 17.4 Å². The molecule has 1 heterocycles. The molecule has 0 amide bonds. The summed E-state index contributed by atoms with van der Waals surface area (Å²) in [5.74, 6) is 0.363. The lowest BCUT2D eigenvalue weighted by molar-refractivity contribution is 0.177. The van der Waals surface area contributed by atoms with E-state index >= 15 is 0 Å². The van der Waals surface area contributed by atoms with Crippen LogP contribution in [0.4, 0.5) is 0 Å². The SMILES string of the molecule is COCCN(Cc1ccoc1)S(=O)(=O)c1ccc(C(C)C)cc1. The Bertz CT molecular complexity index is 691. The Morgan fingerprint density at radius 2 is 1.87 bits per heavy atom. The Kier molecular flexibility index (Phi) is 5.98. The summed E-state index contributed by atoms with van der Waals surface area (Å²) in [5, 5.41) is 0. The van der Waals surface area contributed by atoms with Crippen LogP contribution in [0.25, 0.3) is 0 Å². The number of methoxy groups -OCH3 is 1. The van der Waals surface area contributed by atoms with E-state index < -0.39 is 10.0 Å². The van der Waals surface area contributed by atoms with Gasteiger partial charge in [0.25, 0.3) is 0 Å². The third-order valence-corrected chi connectivity index (χ3v) is 5.53. The second-order valence-electron chi connectivity index (χ2n) is 5.69. The van der Waals surface area contributed by atoms with E-state index in [1.54, 1.807) is 31.6 Å². The second kappa shape index (κ2) is 7.77. The molecule has 0 N–H and O–H groups in total. The lowest BCUT2D eigenvalue weighted by atomic mass is 10.0. The third kappa shape index (κ3) is 4.43. The summed E-state index contributed by atoms with van der Waals surface area (Å²) in [7, 11) is -2.02. The van der Waals surface area contributed by atoms with Gasteiger partial charge in [-0.2, -0.15) is 4.31 Å². The molecule has 23 heavy (non-hydrogen) atoms. The molecular weight excluding hydrogens is 314 g/mol. The van der Waals surface area contributed by atoms with Crippen molar-refractivity contribution in [2.45, 2.75) is 31.2 Å². The number of hydrogen-bond acceptors (Lipinski definition) is 4. The van der Waals surface area contributed by atoms with Crippen LogP contribution in [0.1, 0.15) is 30.9 Å². The summed E-state index contributed by atoms with van der Waals surface area (Å²) >= 11 is 0. The smallest absolute Gasteiger partial charge is 0.243 e. The molecule has 6 heteroatoms. The molecular formula is C17H23NO4S. The fraction of sp³-hybridized carbons (Fsp3) is 0.412. The van der Waals surface area contributed by atoms with E-state index in [9.17, 15) is 8.42 Å². The molecule has 0 radical (unpaired) electrons. The molecule has 0 fully saturated rings. The first-order valence-electron chi connectivity index (χ1n) is 7.55. The van der Waals surface area contributed by atoms with Crippen molar-refractivity contribution in [3.05, 3.63) is 54.0 Å². The Morgan fingerprint density at radius 1 is 1.17 bits per heavy atom. The van der Waals surface area contributed by atoms with Crippen molar-refractivity contribution < 1.29 is 17.6 Å². The summed E-state index contributed by atoms with van der Waals surface area (Å²) in [4.78, 5) is 0.293. The van der Waals surface area contributed by atoms with Crippen LogP contribution in [0.2, 0.25) is 0 Å². The van der Waals surface area contributed by atoms with Crippen molar-refractivity contribution in [1.82, 2.24) is 4.31 Å². The van der Waals surface area contributed by atoms with Gasteiger partial charge < -0.3 is 9.15 Å². The average molecular weight is 337 g/mol. The molecule has 126 valence electrons. The van der Waals surface area contributed by atoms with Gasteiger partial charge in [0, 0.05) is 25.8 Å². The van der Waals surface area contributed by atoms with Crippen LogP contribution >= 0.6 is 0 Å². The second-order valence-corrected chi connectivity index (χ2v) is 7.62. The molecule has 2 aromatic rings. The Balaban J connectivity index is 2.26. The first-order chi connectivity index (χ1) is 10.9. The van der Waals surface area contributed by atoms with Crippen molar-refractivity contribution in [3.8, 4) is 0 Å². The standard InChI is InChI=1S/C17H23NO4S/c1-14(2)16-4-6-17(7-5-16)23(19,20)18(9-11-21-3)12-15-8-10-22-13-15/h4-8,10,13-14H,9,11-12H2,1-3H3. The van der Waals surface area contributed by atoms with E-state index in [0.717, 1.165) is 11.1 Å². The zero-order valence-corrected chi connectivity index (χ0v) is 14.5. The largest absolute Gasteiger partial charge is 0.472 e. The molecule has 1 aromatic heterocycles. The fourth-order valence-electron chi connectivity index (χ4n) is 2.24. The molecule has 5 nitrogen and oxygen atoms in total. The zero-order chi connectivity index (χ0) is 16.9. The van der Waals surface area contributed by atoms with Crippen molar-refractivity contribution in [3.63, 3.8) is 0 Å². The van der Waals surface area contributed by atoms with Gasteiger partial charge >= 0.3 is 0 Å². The van der Waals surface area contributed by atoms with E-state index in [1.807, 2.05) is 12.1 Å². The van der Waals surface area contributed by atoms with E-state index in [4.69, 9.17) is 9.15 Å². The maximum atomic E-state index is 12.9. The Labute approximate surface area is 137 Å². The summed E-state index contributed by atoms with van der Waals surface area (Å²) in [5.41, 5.74) is 1.92. The zero-order valence-electron chi connectivity index (χ0n) is 13.7. The van der Waals surface area contributed by atoms with Gasteiger partial charge in [-0.05, 0) is 29.7 Å². The van der Waals surface area contributed by atoms with Crippen molar-refractivity contribution in [2.75, 3.05) is 20.3 Å². The van der Waals surface area contributed by atoms with Gasteiger partial charge in [0.2, 0.25) is 10.0 Å². The third-order valence-electron chi connectivity index (χ3n) is 3.67. The highest BCUT2D eigenvalue weighted by atomic mass is 32.2. The topological polar surface area (TPSA) is 59.8 Å². The molecule has 0 aliphatic heterocycles. The van der Waals surface area contributed by atoms with Crippen LogP contribution in [0.3, 0.4) is 0 Å². The van der Waals surface area contributed by atoms with Crippen LogP contribution < -0.4 is 0 Å². The molecule has 0 atom stereocenters. The van der Waals surface area contributed by atoms with Crippen molar-refractivity contribution in [2.24, 2.45) is 0 Å². The lowest BCUT2D eigenvalue weighted by Gasteiger charge is -2.21. The van der Waals surface area contributed by atoms with Crippen molar-refractivity contribution >= 4 is 10.0 Å². The first kappa shape index (κ1) is 17.7. The number of furan rings is 1. The minimum Gasteiger partial charge on any atom is -0.472 e. The van der Waals surface area contributed by atoms with Gasteiger partial charge in [0.05, 0.1) is 24.0 Å². The van der Waals surface area contributed by atoms with E-state index in [1.165, 1.54) is 10.6 Å². The monoisotopic (exact) mass is 337 g/mol. The van der Waals surface area contributed by atoms with Gasteiger partial charge in [0.15, 0.2) is 0 Å². The molecule has 2 rings (SSSR count). The number of nitrogens with zero attached hydrogens (tertiary/aromatic N) is 1. The number of hydrogen-bond donors (Lipinski definition) is 0. The van der Waals surface area contributed by atoms with Crippen molar-refractivity contribution in [1.29, 1.82) is 0 Å². The Hall–Kier alpha value is -1.63. The molecule has 1 aromatic carbocycles. The normalized spacial score (nSPS) is 12.2. The predicted molar refractivity (Wildman–Crippen MR) is 88.7 cm³/mol. The van der Waals surface area contributed by atoms with Gasteiger partial charge in [-0.3, -0.25) is 0 Å². The maximum absolute atomic E-state index is 12.9. The van der Waals surface area contributed by atoms with Crippen LogP contribution in [-0.2, 0) is 21.3 Å². The highest BCUT2D eigenvalue weighted by Gasteiger charge is 2.24. The Morgan fingerprint density at radius 3 is 2.39 bits per heavy atom. The molecule has 0 bridgehead atoms. The number of rotatable bonds is 8. The summed E-state index contributed by atoms with van der Waals surface area (Å²) < 4.78 is 37.3. The number of ether oxygens (including phenoxy) is 1. The number of benzene rings is 1. The van der Waals surface area contributed by atoms with Gasteiger partial charge in [-0.25, -0.2) is 8.42 Å². The lowest BCUT2D eigenvalue weighted by Crippen LogP contribution is -2.33. The van der Waals surface area contributed by atoms with Gasteiger partial charge in [-0.1, -0.05) is 26.0 Å². The molecule has 0 unspecified atom stereocenters. The van der Waals surface area contributed by atoms with Crippen LogP contribution in [-0.4, -0.2) is 33.0 Å². The molecule has 0 aliphatic rings. The highest BCUT2D eigenvalue weighted by Crippen LogP contribution is 2.21. The minimum atomic E-state index is -3.58. The summed E-state index contributed by atoms with van der Waals surface area (Å²) in [6, 6.07) is 8.82. The van der Waals surface area contributed by atoms with Crippen LogP contribution in [0, 0.1) is 0 Å². The average Bonchev–Trinajstić information content (AvgIpc) is 3.04. The molecule has 0 saturated heterocycles. The highest BCUT2D eigenvalue weighted by molar-refractivity contribution is 7.89. The summed E-state index contributed by atoms with van der Waals surface area (Å²) in [6.45, 7) is 5.03.